The Kier molecular flexibility index (Phi) is 2.72. The van der Waals surface area contributed by atoms with Crippen LogP contribution in [-0.4, -0.2) is 10.9 Å². The molecule has 82 valence electrons. The van der Waals surface area contributed by atoms with Crippen LogP contribution in [0.1, 0.15) is 38.7 Å². The molecule has 0 bridgehead atoms. The third kappa shape index (κ3) is 2.15. The molecule has 0 fully saturated rings. The van der Waals surface area contributed by atoms with Gasteiger partial charge in [0.2, 0.25) is 0 Å². The summed E-state index contributed by atoms with van der Waals surface area (Å²) in [6, 6.07) is 8.31. The summed E-state index contributed by atoms with van der Waals surface area (Å²) in [5.74, 6) is 1.52. The quantitative estimate of drug-likeness (QED) is 0.714. The highest BCUT2D eigenvalue weighted by Gasteiger charge is 2.34. The highest BCUT2D eigenvalue weighted by Crippen LogP contribution is 2.43. The number of para-hydroxylation sites is 1. The minimum Gasteiger partial charge on any atom is -0.488 e. The predicted molar refractivity (Wildman–Crippen MR) is 67.0 cm³/mol. The van der Waals surface area contributed by atoms with Crippen molar-refractivity contribution in [2.75, 3.05) is 0 Å². The summed E-state index contributed by atoms with van der Waals surface area (Å²) >= 11 is 4.59. The van der Waals surface area contributed by atoms with Crippen molar-refractivity contribution in [1.82, 2.24) is 0 Å². The van der Waals surface area contributed by atoms with Gasteiger partial charge in [0.15, 0.2) is 0 Å². The highest BCUT2D eigenvalue weighted by molar-refractivity contribution is 7.81. The van der Waals surface area contributed by atoms with E-state index < -0.39 is 0 Å². The average Bonchev–Trinajstić information content (AvgIpc) is 2.14. The molecular weight excluding hydrogens is 204 g/mol. The van der Waals surface area contributed by atoms with Crippen molar-refractivity contribution in [3.8, 4) is 5.75 Å². The Hall–Kier alpha value is -0.630. The molecule has 0 amide bonds. The first-order chi connectivity index (χ1) is 6.99. The van der Waals surface area contributed by atoms with Gasteiger partial charge in [0, 0.05) is 11.2 Å². The Balaban J connectivity index is 2.43. The van der Waals surface area contributed by atoms with Gasteiger partial charge in [-0.3, -0.25) is 0 Å². The van der Waals surface area contributed by atoms with Gasteiger partial charge < -0.3 is 4.74 Å². The Morgan fingerprint density at radius 3 is 2.73 bits per heavy atom. The smallest absolute Gasteiger partial charge is 0.123 e. The van der Waals surface area contributed by atoms with E-state index in [-0.39, 0.29) is 5.60 Å². The summed E-state index contributed by atoms with van der Waals surface area (Å²) in [6.07, 6.45) is 1.04. The van der Waals surface area contributed by atoms with Crippen LogP contribution in [-0.2, 0) is 0 Å². The standard InChI is InChI=1S/C13H18OS/c1-9(15)11-8-13(2,3)14-12-7-5-4-6-10(11)12/h4-7,9,11,15H,8H2,1-3H3. The van der Waals surface area contributed by atoms with Crippen LogP contribution >= 0.6 is 12.6 Å². The first-order valence-corrected chi connectivity index (χ1v) is 5.97. The van der Waals surface area contributed by atoms with Crippen LogP contribution in [0.25, 0.3) is 0 Å². The molecule has 0 saturated carbocycles. The second-order valence-electron chi connectivity index (χ2n) is 4.95. The topological polar surface area (TPSA) is 9.23 Å². The van der Waals surface area contributed by atoms with Gasteiger partial charge in [0.05, 0.1) is 0 Å². The summed E-state index contributed by atoms with van der Waals surface area (Å²) in [5.41, 5.74) is 1.23. The number of benzene rings is 1. The van der Waals surface area contributed by atoms with Crippen LogP contribution in [0, 0.1) is 0 Å². The third-order valence-electron chi connectivity index (χ3n) is 3.00. The maximum atomic E-state index is 5.97. The molecule has 0 aromatic heterocycles. The van der Waals surface area contributed by atoms with Crippen molar-refractivity contribution in [2.24, 2.45) is 0 Å². The number of fused-ring (bicyclic) bond motifs is 1. The molecule has 1 heterocycles. The van der Waals surface area contributed by atoms with Crippen LogP contribution in [0.5, 0.6) is 5.75 Å². The van der Waals surface area contributed by atoms with Gasteiger partial charge in [0.25, 0.3) is 0 Å². The highest BCUT2D eigenvalue weighted by atomic mass is 32.1. The molecule has 15 heavy (non-hydrogen) atoms. The predicted octanol–water partition coefficient (Wildman–Crippen LogP) is 3.65. The Morgan fingerprint density at radius 2 is 2.07 bits per heavy atom. The van der Waals surface area contributed by atoms with Gasteiger partial charge in [-0.25, -0.2) is 0 Å². The first kappa shape index (κ1) is 10.9. The SMILES string of the molecule is CC(S)C1CC(C)(C)Oc2ccccc21. The average molecular weight is 222 g/mol. The maximum Gasteiger partial charge on any atom is 0.123 e. The van der Waals surface area contributed by atoms with Crippen LogP contribution < -0.4 is 4.74 Å². The lowest BCUT2D eigenvalue weighted by Crippen LogP contribution is -2.36. The van der Waals surface area contributed by atoms with Gasteiger partial charge in [0.1, 0.15) is 11.4 Å². The molecule has 0 aliphatic carbocycles. The van der Waals surface area contributed by atoms with Crippen LogP contribution in [0.2, 0.25) is 0 Å². The minimum atomic E-state index is -0.0734. The molecule has 2 heteroatoms. The van der Waals surface area contributed by atoms with E-state index >= 15 is 0 Å². The van der Waals surface area contributed by atoms with Crippen molar-refractivity contribution in [2.45, 2.75) is 44.0 Å². The van der Waals surface area contributed by atoms with E-state index in [0.717, 1.165) is 12.2 Å². The second-order valence-corrected chi connectivity index (χ2v) is 5.77. The summed E-state index contributed by atoms with van der Waals surface area (Å²) in [7, 11) is 0. The van der Waals surface area contributed by atoms with Crippen LogP contribution in [0.3, 0.4) is 0 Å². The molecule has 2 unspecified atom stereocenters. The van der Waals surface area contributed by atoms with E-state index in [1.807, 2.05) is 6.07 Å². The molecule has 1 aromatic rings. The number of rotatable bonds is 1. The molecule has 0 spiro atoms. The molecule has 2 rings (SSSR count). The number of ether oxygens (including phenoxy) is 1. The first-order valence-electron chi connectivity index (χ1n) is 5.45. The molecule has 1 aromatic carbocycles. The lowest BCUT2D eigenvalue weighted by atomic mass is 9.82. The Labute approximate surface area is 97.2 Å². The monoisotopic (exact) mass is 222 g/mol. The van der Waals surface area contributed by atoms with Gasteiger partial charge in [-0.1, -0.05) is 25.1 Å². The van der Waals surface area contributed by atoms with Crippen LogP contribution in [0.15, 0.2) is 24.3 Å². The van der Waals surface area contributed by atoms with Gasteiger partial charge in [-0.15, -0.1) is 0 Å². The zero-order chi connectivity index (χ0) is 11.1. The number of hydrogen-bond acceptors (Lipinski definition) is 2. The molecular formula is C13H18OS. The zero-order valence-electron chi connectivity index (χ0n) is 9.53. The fourth-order valence-corrected chi connectivity index (χ4v) is 2.56. The second kappa shape index (κ2) is 3.75. The van der Waals surface area contributed by atoms with E-state index in [0.29, 0.717) is 11.2 Å². The summed E-state index contributed by atoms with van der Waals surface area (Å²) in [4.78, 5) is 0. The molecule has 1 nitrogen and oxygen atoms in total. The Morgan fingerprint density at radius 1 is 1.40 bits per heavy atom. The molecule has 0 radical (unpaired) electrons. The summed E-state index contributed by atoms with van der Waals surface area (Å²) < 4.78 is 5.97. The summed E-state index contributed by atoms with van der Waals surface area (Å²) in [6.45, 7) is 6.45. The molecule has 2 atom stereocenters. The van der Waals surface area contributed by atoms with Crippen molar-refractivity contribution in [3.63, 3.8) is 0 Å². The van der Waals surface area contributed by atoms with Crippen LogP contribution in [0.4, 0.5) is 0 Å². The van der Waals surface area contributed by atoms with E-state index in [1.54, 1.807) is 0 Å². The van der Waals surface area contributed by atoms with Gasteiger partial charge in [-0.05, 0) is 31.9 Å². The van der Waals surface area contributed by atoms with Crippen molar-refractivity contribution >= 4 is 12.6 Å². The van der Waals surface area contributed by atoms with Crippen molar-refractivity contribution < 1.29 is 4.74 Å². The molecule has 1 aliphatic heterocycles. The number of thiol groups is 1. The maximum absolute atomic E-state index is 5.97. The van der Waals surface area contributed by atoms with E-state index in [4.69, 9.17) is 4.74 Å². The summed E-state index contributed by atoms with van der Waals surface area (Å²) in [5, 5.41) is 0.370. The molecule has 0 saturated heterocycles. The lowest BCUT2D eigenvalue weighted by molar-refractivity contribution is 0.0722. The normalized spacial score (nSPS) is 25.2. The lowest BCUT2D eigenvalue weighted by Gasteiger charge is -2.39. The van der Waals surface area contributed by atoms with Gasteiger partial charge in [-0.2, -0.15) is 12.6 Å². The Bertz CT molecular complexity index is 357. The van der Waals surface area contributed by atoms with E-state index in [1.165, 1.54) is 5.56 Å². The largest absolute Gasteiger partial charge is 0.488 e. The zero-order valence-corrected chi connectivity index (χ0v) is 10.4. The van der Waals surface area contributed by atoms with Crippen molar-refractivity contribution in [1.29, 1.82) is 0 Å². The van der Waals surface area contributed by atoms with Gasteiger partial charge >= 0.3 is 0 Å². The fraction of sp³-hybridized carbons (Fsp3) is 0.538. The minimum absolute atomic E-state index is 0.0734. The molecule has 0 N–H and O–H groups in total. The third-order valence-corrected chi connectivity index (χ3v) is 3.36. The van der Waals surface area contributed by atoms with Crippen molar-refractivity contribution in [3.05, 3.63) is 29.8 Å². The fourth-order valence-electron chi connectivity index (χ4n) is 2.29. The molecule has 1 aliphatic rings. The van der Waals surface area contributed by atoms with E-state index in [9.17, 15) is 0 Å². The van der Waals surface area contributed by atoms with E-state index in [2.05, 4.69) is 51.6 Å². The number of hydrogen-bond donors (Lipinski definition) is 1.